The Labute approximate surface area is 337 Å². The van der Waals surface area contributed by atoms with Crippen LogP contribution in [0.2, 0.25) is 0 Å². The van der Waals surface area contributed by atoms with Gasteiger partial charge in [-0.2, -0.15) is 15.3 Å². The molecule has 58 heavy (non-hydrogen) atoms. The second-order valence-electron chi connectivity index (χ2n) is 15.6. The van der Waals surface area contributed by atoms with E-state index in [1.165, 1.54) is 66.3 Å². The number of aromatic nitrogens is 1. The average Bonchev–Trinajstić information content (AvgIpc) is 3.60. The quantitative estimate of drug-likeness (QED) is 0.172. The molecule has 1 aromatic heterocycles. The number of nitrogens with zero attached hydrogens (tertiary/aromatic N) is 4. The smallest absolute Gasteiger partial charge is 0.119 e. The van der Waals surface area contributed by atoms with E-state index >= 15 is 0 Å². The molecule has 1 N–H and O–H groups in total. The highest BCUT2D eigenvalue weighted by Crippen LogP contribution is 2.59. The molecular weight excluding hydrogens is 707 g/mol. The van der Waals surface area contributed by atoms with E-state index in [0.717, 1.165) is 11.3 Å². The molecular formula is C53H37N5. The fraction of sp³-hybridized carbons (Fsp3) is 0.0755. The molecule has 0 radical (unpaired) electrons. The summed E-state index contributed by atoms with van der Waals surface area (Å²) in [5.74, 6) is 0. The number of rotatable bonds is 6. The lowest BCUT2D eigenvalue weighted by Gasteiger charge is -2.34. The summed E-state index contributed by atoms with van der Waals surface area (Å²) in [6, 6.07) is 74.9. The van der Waals surface area contributed by atoms with Crippen LogP contribution in [0.3, 0.4) is 0 Å². The van der Waals surface area contributed by atoms with E-state index in [2.05, 4.69) is 208 Å². The molecule has 5 nitrogen and oxygen atoms in total. The van der Waals surface area contributed by atoms with Gasteiger partial charge in [0.1, 0.15) is 18.5 Å². The molecule has 2 fully saturated rings. The molecule has 3 heterocycles. The highest BCUT2D eigenvalue weighted by atomic mass is 15.9. The Hall–Kier alpha value is -7.07. The van der Waals surface area contributed by atoms with E-state index in [0.29, 0.717) is 5.56 Å². The molecule has 0 saturated carbocycles. The van der Waals surface area contributed by atoms with Crippen LogP contribution in [0.1, 0.15) is 63.0 Å². The van der Waals surface area contributed by atoms with Crippen molar-refractivity contribution in [3.8, 4) is 22.9 Å². The predicted molar refractivity (Wildman–Crippen MR) is 231 cm³/mol. The van der Waals surface area contributed by atoms with E-state index in [1.807, 2.05) is 18.2 Å². The standard InChI is InChI=1S/C53H37N5/c54-34-35-16-14-20-38(30-35)52-57-50(36-17-4-1-5-18-36)55-51(58(52)57)37-19-15-25-41(31-37)56-48-29-13-11-27-43(48)45-32-47-44(33-49(45)56)42-26-10-12-28-46(42)53(47,39-21-6-2-7-22-39)40-23-8-3-9-24-40/h1-33,50-52,55H. The van der Waals surface area contributed by atoms with Crippen molar-refractivity contribution in [1.82, 2.24) is 19.9 Å². The molecule has 0 spiro atoms. The lowest BCUT2D eigenvalue weighted by atomic mass is 9.67. The number of nitrogens with one attached hydrogen (secondary N) is 1. The van der Waals surface area contributed by atoms with Crippen LogP contribution < -0.4 is 5.32 Å². The summed E-state index contributed by atoms with van der Waals surface area (Å²) >= 11 is 0. The molecule has 2 saturated heterocycles. The lowest BCUT2D eigenvalue weighted by molar-refractivity contribution is 0.314. The van der Waals surface area contributed by atoms with Crippen LogP contribution in [0.15, 0.2) is 200 Å². The minimum absolute atomic E-state index is 0.00371. The highest BCUT2D eigenvalue weighted by Gasteiger charge is 2.60. The Morgan fingerprint density at radius 3 is 1.84 bits per heavy atom. The molecule has 274 valence electrons. The molecule has 2 aliphatic heterocycles. The van der Waals surface area contributed by atoms with Crippen molar-refractivity contribution in [2.24, 2.45) is 0 Å². The topological polar surface area (TPSA) is 46.8 Å². The van der Waals surface area contributed by atoms with Gasteiger partial charge in [-0.25, -0.2) is 0 Å². The zero-order valence-electron chi connectivity index (χ0n) is 31.6. The van der Waals surface area contributed by atoms with E-state index in [9.17, 15) is 5.26 Å². The summed E-state index contributed by atoms with van der Waals surface area (Å²) in [6.45, 7) is 0. The van der Waals surface area contributed by atoms with Gasteiger partial charge in [-0.05, 0) is 92.5 Å². The van der Waals surface area contributed by atoms with Gasteiger partial charge < -0.3 is 4.57 Å². The number of nitriles is 1. The molecule has 3 aliphatic rings. The van der Waals surface area contributed by atoms with Crippen LogP contribution >= 0.6 is 0 Å². The second kappa shape index (κ2) is 12.7. The Morgan fingerprint density at radius 1 is 0.466 bits per heavy atom. The van der Waals surface area contributed by atoms with Crippen molar-refractivity contribution >= 4 is 21.8 Å². The summed E-state index contributed by atoms with van der Waals surface area (Å²) in [5.41, 5.74) is 14.9. The second-order valence-corrected chi connectivity index (χ2v) is 15.6. The van der Waals surface area contributed by atoms with Crippen LogP contribution in [0.25, 0.3) is 38.6 Å². The van der Waals surface area contributed by atoms with Crippen LogP contribution in [0.5, 0.6) is 0 Å². The van der Waals surface area contributed by atoms with Crippen LogP contribution in [0.4, 0.5) is 0 Å². The molecule has 0 amide bonds. The summed E-state index contributed by atoms with van der Waals surface area (Å²) in [4.78, 5) is 0. The minimum Gasteiger partial charge on any atom is -0.309 e. The zero-order valence-corrected chi connectivity index (χ0v) is 31.6. The van der Waals surface area contributed by atoms with Gasteiger partial charge in [0.05, 0.1) is 28.1 Å². The number of benzene rings is 8. The van der Waals surface area contributed by atoms with Gasteiger partial charge in [0.15, 0.2) is 0 Å². The molecule has 5 atom stereocenters. The Balaban J connectivity index is 1.04. The molecule has 0 bridgehead atoms. The molecule has 12 rings (SSSR count). The third-order valence-electron chi connectivity index (χ3n) is 12.7. The Kier molecular flexibility index (Phi) is 7.26. The lowest BCUT2D eigenvalue weighted by Crippen LogP contribution is -2.28. The number of hydrogen-bond acceptors (Lipinski definition) is 4. The van der Waals surface area contributed by atoms with Crippen molar-refractivity contribution < 1.29 is 0 Å². The van der Waals surface area contributed by atoms with E-state index < -0.39 is 5.41 Å². The normalized spacial score (nSPS) is 21.0. The summed E-state index contributed by atoms with van der Waals surface area (Å²) < 4.78 is 2.46. The number of para-hydroxylation sites is 1. The SMILES string of the molecule is N#Cc1cccc(C2N3C(c4ccccc4)NC(c4cccc(-n5c6ccccc6c6cc7c(cc65)-c5ccccc5C7(c5ccccc5)c5ccccc5)c4)N23)c1. The number of hydrazine groups is 1. The Bertz CT molecular complexity index is 3050. The Morgan fingerprint density at radius 2 is 1.09 bits per heavy atom. The fourth-order valence-electron chi connectivity index (χ4n) is 10.3. The maximum Gasteiger partial charge on any atom is 0.119 e. The third kappa shape index (κ3) is 4.68. The minimum atomic E-state index is -0.469. The highest BCUT2D eigenvalue weighted by molar-refractivity contribution is 6.11. The first kappa shape index (κ1) is 33.1. The first-order valence-electron chi connectivity index (χ1n) is 20.0. The van der Waals surface area contributed by atoms with Gasteiger partial charge in [0.2, 0.25) is 0 Å². The van der Waals surface area contributed by atoms with Gasteiger partial charge in [-0.1, -0.05) is 158 Å². The largest absolute Gasteiger partial charge is 0.309 e. The third-order valence-corrected chi connectivity index (χ3v) is 12.7. The van der Waals surface area contributed by atoms with Gasteiger partial charge in [0.25, 0.3) is 0 Å². The van der Waals surface area contributed by atoms with Gasteiger partial charge in [0, 0.05) is 16.5 Å². The van der Waals surface area contributed by atoms with Crippen LogP contribution in [-0.2, 0) is 5.41 Å². The maximum absolute atomic E-state index is 9.74. The monoisotopic (exact) mass is 743 g/mol. The molecule has 1 aliphatic carbocycles. The van der Waals surface area contributed by atoms with Gasteiger partial charge in [-0.3, -0.25) is 5.32 Å². The van der Waals surface area contributed by atoms with Crippen LogP contribution in [0, 0.1) is 11.3 Å². The average molecular weight is 744 g/mol. The zero-order chi connectivity index (χ0) is 38.4. The van der Waals surface area contributed by atoms with E-state index in [4.69, 9.17) is 0 Å². The van der Waals surface area contributed by atoms with Gasteiger partial charge in [-0.15, -0.1) is 0 Å². The van der Waals surface area contributed by atoms with Crippen LogP contribution in [-0.4, -0.2) is 14.6 Å². The van der Waals surface area contributed by atoms with Crippen molar-refractivity contribution in [3.05, 3.63) is 245 Å². The summed E-state index contributed by atoms with van der Waals surface area (Å²) in [6.07, 6.45) is -0.0164. The number of fused-ring (bicyclic) bond motifs is 7. The first-order valence-corrected chi connectivity index (χ1v) is 20.0. The number of hydrogen-bond donors (Lipinski definition) is 1. The van der Waals surface area contributed by atoms with Crippen molar-refractivity contribution in [3.63, 3.8) is 0 Å². The molecule has 5 unspecified atom stereocenters. The maximum atomic E-state index is 9.74. The fourth-order valence-corrected chi connectivity index (χ4v) is 10.3. The van der Waals surface area contributed by atoms with Crippen molar-refractivity contribution in [1.29, 1.82) is 5.26 Å². The molecule has 5 heteroatoms. The van der Waals surface area contributed by atoms with E-state index in [1.54, 1.807) is 0 Å². The van der Waals surface area contributed by atoms with Crippen molar-refractivity contribution in [2.45, 2.75) is 23.9 Å². The van der Waals surface area contributed by atoms with Gasteiger partial charge >= 0.3 is 0 Å². The molecule has 9 aromatic rings. The summed E-state index contributed by atoms with van der Waals surface area (Å²) in [7, 11) is 0. The predicted octanol–water partition coefficient (Wildman–Crippen LogP) is 11.6. The summed E-state index contributed by atoms with van der Waals surface area (Å²) in [5, 5.41) is 21.0. The first-order chi connectivity index (χ1) is 28.7. The van der Waals surface area contributed by atoms with Crippen molar-refractivity contribution in [2.75, 3.05) is 0 Å². The molecule has 8 aromatic carbocycles. The van der Waals surface area contributed by atoms with E-state index in [-0.39, 0.29) is 18.5 Å².